The topological polar surface area (TPSA) is 23.6 Å². The molecule has 6 heteroatoms. The molecule has 0 saturated carbocycles. The number of benzene rings is 1. The molecule has 1 fully saturated rings. The van der Waals surface area contributed by atoms with E-state index in [0.717, 1.165) is 46.4 Å². The summed E-state index contributed by atoms with van der Waals surface area (Å²) in [5, 5.41) is 0.773. The maximum atomic E-state index is 12.4. The van der Waals surface area contributed by atoms with Gasteiger partial charge in [-0.15, -0.1) is 11.3 Å². The number of halogens is 2. The minimum Gasteiger partial charge on any atom is -0.335 e. The number of amides is 1. The minimum absolute atomic E-state index is 0.137. The number of thiophene rings is 1. The van der Waals surface area contributed by atoms with Crippen LogP contribution in [-0.4, -0.2) is 41.9 Å². The molecule has 1 aromatic heterocycles. The third kappa shape index (κ3) is 3.90. The van der Waals surface area contributed by atoms with Crippen molar-refractivity contribution in [3.8, 4) is 0 Å². The van der Waals surface area contributed by atoms with E-state index in [1.165, 1.54) is 16.9 Å². The molecule has 1 saturated heterocycles. The fourth-order valence-corrected chi connectivity index (χ4v) is 4.15. The van der Waals surface area contributed by atoms with Crippen LogP contribution >= 0.6 is 38.9 Å². The third-order valence-corrected chi connectivity index (χ3v) is 5.59. The number of rotatable bonds is 3. The second kappa shape index (κ2) is 7.13. The molecule has 0 radical (unpaired) electrons. The van der Waals surface area contributed by atoms with Crippen LogP contribution < -0.4 is 0 Å². The van der Waals surface area contributed by atoms with Crippen molar-refractivity contribution in [3.63, 3.8) is 0 Å². The summed E-state index contributed by atoms with van der Waals surface area (Å²) >= 11 is 10.9. The summed E-state index contributed by atoms with van der Waals surface area (Å²) in [6, 6.07) is 11.8. The molecule has 22 heavy (non-hydrogen) atoms. The van der Waals surface area contributed by atoms with Crippen LogP contribution in [0, 0.1) is 0 Å². The molecule has 0 bridgehead atoms. The van der Waals surface area contributed by atoms with Gasteiger partial charge in [0.05, 0.1) is 8.66 Å². The first-order valence-electron chi connectivity index (χ1n) is 7.13. The van der Waals surface area contributed by atoms with E-state index in [4.69, 9.17) is 11.6 Å². The zero-order valence-corrected chi connectivity index (χ0v) is 15.1. The maximum absolute atomic E-state index is 12.4. The molecule has 2 heterocycles. The van der Waals surface area contributed by atoms with Gasteiger partial charge in [-0.05, 0) is 45.8 Å². The lowest BCUT2D eigenvalue weighted by atomic mass is 10.2. The van der Waals surface area contributed by atoms with Gasteiger partial charge in [-0.25, -0.2) is 0 Å². The summed E-state index contributed by atoms with van der Waals surface area (Å²) in [5.74, 6) is 0.137. The average Bonchev–Trinajstić information content (AvgIpc) is 2.94. The van der Waals surface area contributed by atoms with Gasteiger partial charge in [-0.3, -0.25) is 9.69 Å². The highest BCUT2D eigenvalue weighted by Gasteiger charge is 2.23. The molecular weight excluding hydrogens is 384 g/mol. The van der Waals surface area contributed by atoms with Crippen molar-refractivity contribution in [2.45, 2.75) is 6.54 Å². The highest BCUT2D eigenvalue weighted by Crippen LogP contribution is 2.24. The van der Waals surface area contributed by atoms with Crippen LogP contribution in [0.15, 0.2) is 40.2 Å². The van der Waals surface area contributed by atoms with E-state index in [2.05, 4.69) is 26.9 Å². The summed E-state index contributed by atoms with van der Waals surface area (Å²) < 4.78 is 0.996. The maximum Gasteiger partial charge on any atom is 0.264 e. The normalized spacial score (nSPS) is 16.0. The van der Waals surface area contributed by atoms with Gasteiger partial charge in [0.1, 0.15) is 0 Å². The molecule has 0 aliphatic carbocycles. The van der Waals surface area contributed by atoms with E-state index in [1.54, 1.807) is 0 Å². The Labute approximate surface area is 147 Å². The second-order valence-electron chi connectivity index (χ2n) is 5.30. The van der Waals surface area contributed by atoms with Crippen molar-refractivity contribution in [3.05, 3.63) is 55.6 Å². The molecule has 0 N–H and O–H groups in total. The lowest BCUT2D eigenvalue weighted by Crippen LogP contribution is -2.48. The smallest absolute Gasteiger partial charge is 0.264 e. The Morgan fingerprint density at radius 2 is 1.95 bits per heavy atom. The lowest BCUT2D eigenvalue weighted by molar-refractivity contribution is 0.0633. The van der Waals surface area contributed by atoms with Crippen molar-refractivity contribution in [1.29, 1.82) is 0 Å². The molecule has 0 atom stereocenters. The van der Waals surface area contributed by atoms with Gasteiger partial charge in [-0.1, -0.05) is 23.7 Å². The van der Waals surface area contributed by atoms with E-state index < -0.39 is 0 Å². The van der Waals surface area contributed by atoms with Gasteiger partial charge in [0.15, 0.2) is 0 Å². The third-order valence-electron chi connectivity index (χ3n) is 3.74. The van der Waals surface area contributed by atoms with Crippen molar-refractivity contribution in [2.75, 3.05) is 26.2 Å². The fraction of sp³-hybridized carbons (Fsp3) is 0.312. The molecule has 116 valence electrons. The quantitative estimate of drug-likeness (QED) is 0.775. The number of hydrogen-bond acceptors (Lipinski definition) is 3. The van der Waals surface area contributed by atoms with Crippen LogP contribution in [0.1, 0.15) is 15.2 Å². The number of hydrogen-bond donors (Lipinski definition) is 0. The Hall–Kier alpha value is -0.880. The highest BCUT2D eigenvalue weighted by atomic mass is 79.9. The molecule has 1 aliphatic rings. The first kappa shape index (κ1) is 16.0. The summed E-state index contributed by atoms with van der Waals surface area (Å²) in [6.45, 7) is 4.21. The lowest BCUT2D eigenvalue weighted by Gasteiger charge is -2.34. The van der Waals surface area contributed by atoms with Crippen LogP contribution in [0.25, 0.3) is 0 Å². The number of piperazine rings is 1. The van der Waals surface area contributed by atoms with Gasteiger partial charge < -0.3 is 4.90 Å². The van der Waals surface area contributed by atoms with Crippen LogP contribution in [0.2, 0.25) is 5.02 Å². The molecule has 3 rings (SSSR count). The predicted molar refractivity (Wildman–Crippen MR) is 94.7 cm³/mol. The second-order valence-corrected chi connectivity index (χ2v) is 8.20. The molecule has 3 nitrogen and oxygen atoms in total. The number of carbonyl (C=O) groups is 1. The number of carbonyl (C=O) groups excluding carboxylic acids is 1. The van der Waals surface area contributed by atoms with E-state index in [1.807, 2.05) is 35.2 Å². The molecule has 0 spiro atoms. The van der Waals surface area contributed by atoms with Gasteiger partial charge in [0.2, 0.25) is 0 Å². The molecular formula is C16H16BrClN2OS. The first-order chi connectivity index (χ1) is 10.6. The van der Waals surface area contributed by atoms with Crippen molar-refractivity contribution < 1.29 is 4.79 Å². The van der Waals surface area contributed by atoms with Crippen LogP contribution in [0.4, 0.5) is 0 Å². The van der Waals surface area contributed by atoms with Crippen molar-refractivity contribution in [2.24, 2.45) is 0 Å². The largest absolute Gasteiger partial charge is 0.335 e. The molecule has 1 aliphatic heterocycles. The van der Waals surface area contributed by atoms with E-state index in [9.17, 15) is 4.79 Å². The van der Waals surface area contributed by atoms with Crippen molar-refractivity contribution >= 4 is 44.8 Å². The Kier molecular flexibility index (Phi) is 5.18. The van der Waals surface area contributed by atoms with E-state index >= 15 is 0 Å². The summed E-state index contributed by atoms with van der Waals surface area (Å²) in [5.41, 5.74) is 1.22. The Bertz CT molecular complexity index is 668. The van der Waals surface area contributed by atoms with Crippen LogP contribution in [0.3, 0.4) is 0 Å². The summed E-state index contributed by atoms with van der Waals surface area (Å²) in [4.78, 5) is 17.5. The highest BCUT2D eigenvalue weighted by molar-refractivity contribution is 9.11. The fourth-order valence-electron chi connectivity index (χ4n) is 2.59. The Morgan fingerprint density at radius 3 is 2.59 bits per heavy atom. The van der Waals surface area contributed by atoms with Gasteiger partial charge >= 0.3 is 0 Å². The SMILES string of the molecule is O=C(c1ccc(Br)s1)N1CCN(Cc2cccc(Cl)c2)CC1. The van der Waals surface area contributed by atoms with Gasteiger partial charge in [0.25, 0.3) is 5.91 Å². The average molecular weight is 400 g/mol. The minimum atomic E-state index is 0.137. The van der Waals surface area contributed by atoms with Gasteiger partial charge in [-0.2, -0.15) is 0 Å². The van der Waals surface area contributed by atoms with Crippen LogP contribution in [0.5, 0.6) is 0 Å². The Morgan fingerprint density at radius 1 is 1.18 bits per heavy atom. The van der Waals surface area contributed by atoms with Crippen molar-refractivity contribution in [1.82, 2.24) is 9.80 Å². The summed E-state index contributed by atoms with van der Waals surface area (Å²) in [6.07, 6.45) is 0. The Balaban J connectivity index is 1.55. The first-order valence-corrected chi connectivity index (χ1v) is 9.12. The van der Waals surface area contributed by atoms with Gasteiger partial charge in [0, 0.05) is 37.7 Å². The predicted octanol–water partition coefficient (Wildman–Crippen LogP) is 4.12. The molecule has 2 aromatic rings. The molecule has 0 unspecified atom stereocenters. The zero-order chi connectivity index (χ0) is 15.5. The molecule has 1 amide bonds. The molecule has 1 aromatic carbocycles. The van der Waals surface area contributed by atoms with E-state index in [0.29, 0.717) is 0 Å². The monoisotopic (exact) mass is 398 g/mol. The van der Waals surface area contributed by atoms with E-state index in [-0.39, 0.29) is 5.91 Å². The zero-order valence-electron chi connectivity index (χ0n) is 12.0. The number of nitrogens with zero attached hydrogens (tertiary/aromatic N) is 2. The summed E-state index contributed by atoms with van der Waals surface area (Å²) in [7, 11) is 0. The standard InChI is InChI=1S/C16H16BrClN2OS/c17-15-5-4-14(22-15)16(21)20-8-6-19(7-9-20)11-12-2-1-3-13(18)10-12/h1-5,10H,6-9,11H2. The van der Waals surface area contributed by atoms with Crippen LogP contribution in [-0.2, 0) is 6.54 Å².